The van der Waals surface area contributed by atoms with Crippen molar-refractivity contribution in [3.05, 3.63) is 104 Å². The number of hydrogen-bond donors (Lipinski definition) is 1. The van der Waals surface area contributed by atoms with Gasteiger partial charge in [0, 0.05) is 32.6 Å². The standard InChI is InChI=1S/C32H29BrFN5O2/c1-20-25(23-11-5-8-14-29(23)38(20)19-30(40)36-28-13-7-6-12-26(28)34)18-35-39-31(21-9-3-2-4-10-21)37-27-16-15-22(33)17-24(27)32(39)41/h5-8,11-18,21H,2-4,9-10,19H2,1H3,(H,36,40). The maximum atomic E-state index is 14.1. The van der Waals surface area contributed by atoms with Gasteiger partial charge < -0.3 is 9.88 Å². The van der Waals surface area contributed by atoms with Gasteiger partial charge in [-0.25, -0.2) is 9.37 Å². The number of para-hydroxylation sites is 2. The smallest absolute Gasteiger partial charge is 0.282 e. The van der Waals surface area contributed by atoms with Crippen molar-refractivity contribution in [1.82, 2.24) is 14.2 Å². The van der Waals surface area contributed by atoms with Crippen molar-refractivity contribution in [2.75, 3.05) is 5.32 Å². The first-order chi connectivity index (χ1) is 19.9. The Hall–Kier alpha value is -4.11. The highest BCUT2D eigenvalue weighted by molar-refractivity contribution is 9.10. The van der Waals surface area contributed by atoms with Gasteiger partial charge in [0.05, 0.1) is 22.8 Å². The highest BCUT2D eigenvalue weighted by atomic mass is 79.9. The van der Waals surface area contributed by atoms with Gasteiger partial charge in [-0.3, -0.25) is 9.59 Å². The normalized spacial score (nSPS) is 14.3. The van der Waals surface area contributed by atoms with E-state index in [1.807, 2.05) is 47.9 Å². The molecule has 5 aromatic rings. The fourth-order valence-electron chi connectivity index (χ4n) is 5.74. The van der Waals surface area contributed by atoms with Gasteiger partial charge in [-0.1, -0.05) is 65.5 Å². The highest BCUT2D eigenvalue weighted by Crippen LogP contribution is 2.32. The first-order valence-corrected chi connectivity index (χ1v) is 14.6. The Kier molecular flexibility index (Phi) is 7.53. The van der Waals surface area contributed by atoms with Crippen LogP contribution < -0.4 is 10.9 Å². The van der Waals surface area contributed by atoms with Crippen molar-refractivity contribution >= 4 is 55.5 Å². The second kappa shape index (κ2) is 11.4. The third kappa shape index (κ3) is 5.34. The Morgan fingerprint density at radius 1 is 1.07 bits per heavy atom. The molecule has 1 amide bonds. The van der Waals surface area contributed by atoms with Crippen LogP contribution in [0.1, 0.15) is 55.1 Å². The molecule has 1 aliphatic rings. The van der Waals surface area contributed by atoms with Crippen LogP contribution in [0.3, 0.4) is 0 Å². The lowest BCUT2D eigenvalue weighted by Gasteiger charge is -2.22. The number of hydrogen-bond acceptors (Lipinski definition) is 4. The molecule has 208 valence electrons. The van der Waals surface area contributed by atoms with Crippen LogP contribution >= 0.6 is 15.9 Å². The first-order valence-electron chi connectivity index (χ1n) is 13.8. The number of carbonyl (C=O) groups is 1. The first kappa shape index (κ1) is 27.1. The van der Waals surface area contributed by atoms with E-state index in [0.29, 0.717) is 16.7 Å². The summed E-state index contributed by atoms with van der Waals surface area (Å²) in [6.07, 6.45) is 7.03. The molecule has 0 bridgehead atoms. The Balaban J connectivity index is 1.42. The zero-order chi connectivity index (χ0) is 28.5. The molecule has 1 saturated carbocycles. The predicted molar refractivity (Wildman–Crippen MR) is 164 cm³/mol. The molecular weight excluding hydrogens is 585 g/mol. The topological polar surface area (TPSA) is 81.3 Å². The highest BCUT2D eigenvalue weighted by Gasteiger charge is 2.23. The van der Waals surface area contributed by atoms with Crippen LogP contribution in [0.2, 0.25) is 0 Å². The Morgan fingerprint density at radius 3 is 2.63 bits per heavy atom. The molecule has 2 heterocycles. The van der Waals surface area contributed by atoms with E-state index in [-0.39, 0.29) is 29.6 Å². The molecule has 1 aliphatic carbocycles. The van der Waals surface area contributed by atoms with E-state index in [0.717, 1.165) is 52.3 Å². The van der Waals surface area contributed by atoms with Crippen molar-refractivity contribution in [2.24, 2.45) is 5.10 Å². The monoisotopic (exact) mass is 613 g/mol. The molecule has 0 saturated heterocycles. The van der Waals surface area contributed by atoms with Crippen LogP contribution in [0.5, 0.6) is 0 Å². The third-order valence-corrected chi connectivity index (χ3v) is 8.33. The second-order valence-electron chi connectivity index (χ2n) is 10.5. The number of carbonyl (C=O) groups excluding carboxylic acids is 1. The van der Waals surface area contributed by atoms with Crippen molar-refractivity contribution < 1.29 is 9.18 Å². The van der Waals surface area contributed by atoms with Gasteiger partial charge in [-0.15, -0.1) is 0 Å². The van der Waals surface area contributed by atoms with E-state index in [9.17, 15) is 14.0 Å². The van der Waals surface area contributed by atoms with Crippen LogP contribution in [0.25, 0.3) is 21.8 Å². The summed E-state index contributed by atoms with van der Waals surface area (Å²) in [7, 11) is 0. The average molecular weight is 615 g/mol. The number of rotatable bonds is 6. The number of nitrogens with one attached hydrogen (secondary N) is 1. The molecule has 41 heavy (non-hydrogen) atoms. The molecule has 0 atom stereocenters. The van der Waals surface area contributed by atoms with Gasteiger partial charge in [0.2, 0.25) is 5.91 Å². The summed E-state index contributed by atoms with van der Waals surface area (Å²) in [5, 5.41) is 8.82. The maximum Gasteiger partial charge on any atom is 0.282 e. The summed E-state index contributed by atoms with van der Waals surface area (Å²) in [5.41, 5.74) is 3.05. The van der Waals surface area contributed by atoms with Gasteiger partial charge >= 0.3 is 0 Å². The zero-order valence-electron chi connectivity index (χ0n) is 22.6. The Bertz CT molecular complexity index is 1870. The molecule has 9 heteroatoms. The summed E-state index contributed by atoms with van der Waals surface area (Å²) >= 11 is 3.48. The molecule has 2 aromatic heterocycles. The minimum absolute atomic E-state index is 0.00660. The van der Waals surface area contributed by atoms with Crippen molar-refractivity contribution in [1.29, 1.82) is 0 Å². The molecular formula is C32H29BrFN5O2. The summed E-state index contributed by atoms with van der Waals surface area (Å²) < 4.78 is 18.3. The SMILES string of the molecule is Cc1c(C=Nn2c(C3CCCCC3)nc3ccc(Br)cc3c2=O)c2ccccc2n1CC(=O)Nc1ccccc1F. The van der Waals surface area contributed by atoms with E-state index >= 15 is 0 Å². The lowest BCUT2D eigenvalue weighted by atomic mass is 9.88. The van der Waals surface area contributed by atoms with Crippen LogP contribution in [-0.4, -0.2) is 26.3 Å². The van der Waals surface area contributed by atoms with Crippen molar-refractivity contribution in [3.63, 3.8) is 0 Å². The number of halogens is 2. The largest absolute Gasteiger partial charge is 0.335 e. The Morgan fingerprint density at radius 2 is 1.83 bits per heavy atom. The molecule has 1 fully saturated rings. The van der Waals surface area contributed by atoms with E-state index in [1.54, 1.807) is 24.4 Å². The summed E-state index contributed by atoms with van der Waals surface area (Å²) in [4.78, 5) is 31.6. The molecule has 0 aliphatic heterocycles. The van der Waals surface area contributed by atoms with Gasteiger partial charge in [0.1, 0.15) is 18.2 Å². The Labute approximate surface area is 244 Å². The average Bonchev–Trinajstić information content (AvgIpc) is 3.24. The number of aromatic nitrogens is 3. The van der Waals surface area contributed by atoms with Gasteiger partial charge in [-0.2, -0.15) is 9.78 Å². The molecule has 0 unspecified atom stereocenters. The minimum Gasteiger partial charge on any atom is -0.335 e. The molecule has 1 N–H and O–H groups in total. The fourth-order valence-corrected chi connectivity index (χ4v) is 6.10. The predicted octanol–water partition coefficient (Wildman–Crippen LogP) is 7.13. The van der Waals surface area contributed by atoms with Crippen LogP contribution in [0.4, 0.5) is 10.1 Å². The van der Waals surface area contributed by atoms with Crippen molar-refractivity contribution in [3.8, 4) is 0 Å². The lowest BCUT2D eigenvalue weighted by Crippen LogP contribution is -2.25. The quantitative estimate of drug-likeness (QED) is 0.207. The molecule has 3 aromatic carbocycles. The third-order valence-electron chi connectivity index (χ3n) is 7.84. The number of nitrogens with zero attached hydrogens (tertiary/aromatic N) is 4. The molecule has 0 radical (unpaired) electrons. The lowest BCUT2D eigenvalue weighted by molar-refractivity contribution is -0.116. The summed E-state index contributed by atoms with van der Waals surface area (Å²) in [6, 6.07) is 19.4. The second-order valence-corrected chi connectivity index (χ2v) is 11.4. The zero-order valence-corrected chi connectivity index (χ0v) is 24.2. The van der Waals surface area contributed by atoms with E-state index < -0.39 is 5.82 Å². The van der Waals surface area contributed by atoms with E-state index in [1.165, 1.54) is 23.2 Å². The van der Waals surface area contributed by atoms with Crippen LogP contribution in [-0.2, 0) is 11.3 Å². The van der Waals surface area contributed by atoms with Gasteiger partial charge in [0.15, 0.2) is 0 Å². The fraction of sp³-hybridized carbons (Fsp3) is 0.250. The van der Waals surface area contributed by atoms with Crippen LogP contribution in [0, 0.1) is 12.7 Å². The van der Waals surface area contributed by atoms with Crippen molar-refractivity contribution in [2.45, 2.75) is 51.5 Å². The molecule has 0 spiro atoms. The van der Waals surface area contributed by atoms with E-state index in [2.05, 4.69) is 21.2 Å². The van der Waals surface area contributed by atoms with Crippen LogP contribution in [0.15, 0.2) is 81.1 Å². The van der Waals surface area contributed by atoms with Gasteiger partial charge in [0.25, 0.3) is 5.56 Å². The van der Waals surface area contributed by atoms with Gasteiger partial charge in [-0.05, 0) is 56.2 Å². The number of amides is 1. The molecule has 6 rings (SSSR count). The molecule has 7 nitrogen and oxygen atoms in total. The summed E-state index contributed by atoms with van der Waals surface area (Å²) in [6.45, 7) is 1.91. The minimum atomic E-state index is -0.488. The van der Waals surface area contributed by atoms with E-state index in [4.69, 9.17) is 10.1 Å². The number of anilines is 1. The maximum absolute atomic E-state index is 14.1. The number of benzene rings is 3. The summed E-state index contributed by atoms with van der Waals surface area (Å²) in [5.74, 6) is 0.0122. The number of fused-ring (bicyclic) bond motifs is 2.